The number of anilines is 2. The predicted octanol–water partition coefficient (Wildman–Crippen LogP) is 1.95. The summed E-state index contributed by atoms with van der Waals surface area (Å²) < 4.78 is 4.73. The third-order valence-corrected chi connectivity index (χ3v) is 3.64. The monoisotopic (exact) mass is 277 g/mol. The van der Waals surface area contributed by atoms with Crippen LogP contribution in [-0.2, 0) is 4.74 Å². The molecule has 1 aromatic carbocycles. The number of hydrogen-bond acceptors (Lipinski definition) is 5. The normalized spacial score (nSPS) is 16.9. The second-order valence-corrected chi connectivity index (χ2v) is 5.31. The molecule has 1 atom stereocenters. The van der Waals surface area contributed by atoms with Crippen LogP contribution in [-0.4, -0.2) is 43.7 Å². The van der Waals surface area contributed by atoms with Gasteiger partial charge in [-0.2, -0.15) is 0 Å². The highest BCUT2D eigenvalue weighted by atomic mass is 16.5. The average molecular weight is 277 g/mol. The third kappa shape index (κ3) is 3.42. The number of nitrogen functional groups attached to an aromatic ring is 1. The van der Waals surface area contributed by atoms with E-state index < -0.39 is 5.97 Å². The Morgan fingerprint density at radius 1 is 1.45 bits per heavy atom. The molecular formula is C15H23N3O2. The number of nitrogens with two attached hydrogens (primary N) is 1. The van der Waals surface area contributed by atoms with Gasteiger partial charge in [0.1, 0.15) is 0 Å². The van der Waals surface area contributed by atoms with Gasteiger partial charge in [-0.05, 0) is 45.0 Å². The second kappa shape index (κ2) is 6.61. The van der Waals surface area contributed by atoms with Crippen LogP contribution in [0.4, 0.5) is 11.4 Å². The van der Waals surface area contributed by atoms with Crippen LogP contribution in [0.3, 0.4) is 0 Å². The van der Waals surface area contributed by atoms with Gasteiger partial charge >= 0.3 is 5.97 Å². The first-order chi connectivity index (χ1) is 9.61. The Balaban J connectivity index is 2.03. The highest BCUT2D eigenvalue weighted by molar-refractivity contribution is 5.98. The van der Waals surface area contributed by atoms with Crippen LogP contribution in [0, 0.1) is 0 Å². The number of carbonyl (C=O) groups excluding carboxylic acids is 1. The molecule has 0 amide bonds. The Morgan fingerprint density at radius 2 is 2.15 bits per heavy atom. The molecule has 2 rings (SSSR count). The third-order valence-electron chi connectivity index (χ3n) is 3.64. The molecule has 0 saturated carbocycles. The van der Waals surface area contributed by atoms with Crippen LogP contribution in [0.5, 0.6) is 0 Å². The summed E-state index contributed by atoms with van der Waals surface area (Å²) >= 11 is 0. The van der Waals surface area contributed by atoms with Crippen molar-refractivity contribution in [1.82, 2.24) is 4.90 Å². The molecule has 5 nitrogen and oxygen atoms in total. The SMILES string of the molecule is COC(=O)c1cccc(NC(C)CN2CCCC2)c1N. The molecule has 110 valence electrons. The number of hydrogen-bond donors (Lipinski definition) is 2. The Labute approximate surface area is 120 Å². The average Bonchev–Trinajstić information content (AvgIpc) is 2.93. The van der Waals surface area contributed by atoms with Gasteiger partial charge in [-0.15, -0.1) is 0 Å². The lowest BCUT2D eigenvalue weighted by Gasteiger charge is -2.23. The molecule has 1 saturated heterocycles. The highest BCUT2D eigenvalue weighted by Gasteiger charge is 2.17. The first-order valence-corrected chi connectivity index (χ1v) is 7.07. The quantitative estimate of drug-likeness (QED) is 0.636. The van der Waals surface area contributed by atoms with Crippen LogP contribution in [0.2, 0.25) is 0 Å². The maximum atomic E-state index is 11.6. The zero-order valence-electron chi connectivity index (χ0n) is 12.2. The van der Waals surface area contributed by atoms with E-state index >= 15 is 0 Å². The van der Waals surface area contributed by atoms with Crippen molar-refractivity contribution in [1.29, 1.82) is 0 Å². The number of nitrogens with one attached hydrogen (secondary N) is 1. The molecule has 20 heavy (non-hydrogen) atoms. The van der Waals surface area contributed by atoms with Crippen molar-refractivity contribution in [3.05, 3.63) is 23.8 Å². The molecule has 1 aliphatic rings. The number of methoxy groups -OCH3 is 1. The summed E-state index contributed by atoms with van der Waals surface area (Å²) in [7, 11) is 1.36. The van der Waals surface area contributed by atoms with Crippen LogP contribution in [0.15, 0.2) is 18.2 Å². The maximum absolute atomic E-state index is 11.6. The van der Waals surface area contributed by atoms with Crippen molar-refractivity contribution in [2.24, 2.45) is 0 Å². The summed E-state index contributed by atoms with van der Waals surface area (Å²) in [5, 5.41) is 3.38. The summed E-state index contributed by atoms with van der Waals surface area (Å²) in [5.74, 6) is -0.404. The number of esters is 1. The van der Waals surface area contributed by atoms with Crippen molar-refractivity contribution in [2.45, 2.75) is 25.8 Å². The first-order valence-electron chi connectivity index (χ1n) is 7.07. The van der Waals surface area contributed by atoms with Crippen LogP contribution in [0.1, 0.15) is 30.1 Å². The number of benzene rings is 1. The molecule has 5 heteroatoms. The van der Waals surface area contributed by atoms with Gasteiger partial charge in [-0.3, -0.25) is 0 Å². The van der Waals surface area contributed by atoms with Gasteiger partial charge in [-0.25, -0.2) is 4.79 Å². The Morgan fingerprint density at radius 3 is 2.80 bits per heavy atom. The molecule has 0 bridgehead atoms. The van der Waals surface area contributed by atoms with Crippen molar-refractivity contribution in [2.75, 3.05) is 37.8 Å². The molecule has 0 aromatic heterocycles. The van der Waals surface area contributed by atoms with E-state index in [0.29, 0.717) is 11.3 Å². The Kier molecular flexibility index (Phi) is 4.84. The number of nitrogens with zero attached hydrogens (tertiary/aromatic N) is 1. The minimum Gasteiger partial charge on any atom is -0.465 e. The molecular weight excluding hydrogens is 254 g/mol. The van der Waals surface area contributed by atoms with Gasteiger partial charge in [0.15, 0.2) is 0 Å². The van der Waals surface area contributed by atoms with E-state index in [9.17, 15) is 4.79 Å². The van der Waals surface area contributed by atoms with Crippen molar-refractivity contribution in [3.63, 3.8) is 0 Å². The van der Waals surface area contributed by atoms with Crippen LogP contribution < -0.4 is 11.1 Å². The van der Waals surface area contributed by atoms with E-state index in [1.165, 1.54) is 33.0 Å². The molecule has 1 aromatic rings. The number of rotatable bonds is 5. The largest absolute Gasteiger partial charge is 0.465 e. The molecule has 1 aliphatic heterocycles. The van der Waals surface area contributed by atoms with E-state index in [-0.39, 0.29) is 6.04 Å². The number of likely N-dealkylation sites (tertiary alicyclic amines) is 1. The van der Waals surface area contributed by atoms with E-state index in [1.54, 1.807) is 6.07 Å². The molecule has 1 fully saturated rings. The number of carbonyl (C=O) groups is 1. The smallest absolute Gasteiger partial charge is 0.340 e. The second-order valence-electron chi connectivity index (χ2n) is 5.31. The van der Waals surface area contributed by atoms with E-state index in [1.807, 2.05) is 12.1 Å². The van der Waals surface area contributed by atoms with Crippen molar-refractivity contribution in [3.8, 4) is 0 Å². The van der Waals surface area contributed by atoms with Gasteiger partial charge in [-0.1, -0.05) is 6.07 Å². The summed E-state index contributed by atoms with van der Waals surface area (Å²) in [4.78, 5) is 14.1. The topological polar surface area (TPSA) is 67.6 Å². The van der Waals surface area contributed by atoms with E-state index in [0.717, 1.165) is 12.2 Å². The summed E-state index contributed by atoms with van der Waals surface area (Å²) in [6, 6.07) is 5.66. The van der Waals surface area contributed by atoms with Crippen molar-refractivity contribution < 1.29 is 9.53 Å². The van der Waals surface area contributed by atoms with E-state index in [4.69, 9.17) is 10.5 Å². The summed E-state index contributed by atoms with van der Waals surface area (Å²) in [6.07, 6.45) is 2.57. The molecule has 0 aliphatic carbocycles. The van der Waals surface area contributed by atoms with Crippen LogP contribution >= 0.6 is 0 Å². The first kappa shape index (κ1) is 14.7. The van der Waals surface area contributed by atoms with Crippen LogP contribution in [0.25, 0.3) is 0 Å². The summed E-state index contributed by atoms with van der Waals surface area (Å²) in [6.45, 7) is 5.46. The van der Waals surface area contributed by atoms with Gasteiger partial charge in [0, 0.05) is 12.6 Å². The molecule has 3 N–H and O–H groups in total. The Hall–Kier alpha value is -1.75. The van der Waals surface area contributed by atoms with E-state index in [2.05, 4.69) is 17.1 Å². The van der Waals surface area contributed by atoms with Gasteiger partial charge < -0.3 is 20.7 Å². The van der Waals surface area contributed by atoms with Crippen molar-refractivity contribution >= 4 is 17.3 Å². The molecule has 0 radical (unpaired) electrons. The standard InChI is InChI=1S/C15H23N3O2/c1-11(10-18-8-3-4-9-18)17-13-7-5-6-12(14(13)16)15(19)20-2/h5-7,11,17H,3-4,8-10,16H2,1-2H3. The fourth-order valence-electron chi connectivity index (χ4n) is 2.64. The fraction of sp³-hybridized carbons (Fsp3) is 0.533. The maximum Gasteiger partial charge on any atom is 0.340 e. The molecule has 1 heterocycles. The zero-order chi connectivity index (χ0) is 14.5. The lowest BCUT2D eigenvalue weighted by atomic mass is 10.1. The number of para-hydroxylation sites is 1. The molecule has 0 spiro atoms. The fourth-order valence-corrected chi connectivity index (χ4v) is 2.64. The summed E-state index contributed by atoms with van der Waals surface area (Å²) in [5.41, 5.74) is 7.69. The highest BCUT2D eigenvalue weighted by Crippen LogP contribution is 2.24. The van der Waals surface area contributed by atoms with Gasteiger partial charge in [0.25, 0.3) is 0 Å². The van der Waals surface area contributed by atoms with Gasteiger partial charge in [0.2, 0.25) is 0 Å². The van der Waals surface area contributed by atoms with Gasteiger partial charge in [0.05, 0.1) is 24.0 Å². The lowest BCUT2D eigenvalue weighted by molar-refractivity contribution is 0.0602. The zero-order valence-corrected chi connectivity index (χ0v) is 12.2. The number of ether oxygens (including phenoxy) is 1. The Bertz CT molecular complexity index is 470. The predicted molar refractivity (Wildman–Crippen MR) is 81.0 cm³/mol. The molecule has 1 unspecified atom stereocenters. The minimum atomic E-state index is -0.404. The minimum absolute atomic E-state index is 0.281. The lowest BCUT2D eigenvalue weighted by Crippen LogP contribution is -2.33.